The Labute approximate surface area is 137 Å². The molecule has 0 spiro atoms. The van der Waals surface area contributed by atoms with Crippen molar-refractivity contribution in [3.63, 3.8) is 0 Å². The van der Waals surface area contributed by atoms with Gasteiger partial charge in [0.25, 0.3) is 0 Å². The van der Waals surface area contributed by atoms with Gasteiger partial charge in [-0.15, -0.1) is 0 Å². The van der Waals surface area contributed by atoms with Gasteiger partial charge in [-0.3, -0.25) is 4.79 Å². The topological polar surface area (TPSA) is 43.4 Å². The van der Waals surface area contributed by atoms with Crippen molar-refractivity contribution >= 4 is 11.8 Å². The van der Waals surface area contributed by atoms with E-state index < -0.39 is 12.1 Å². The molecule has 0 aliphatic carbocycles. The van der Waals surface area contributed by atoms with Gasteiger partial charge in [-0.2, -0.15) is 13.2 Å². The number of alkyl halides is 3. The molecule has 0 atom stereocenters. The first-order chi connectivity index (χ1) is 11.3. The molecule has 0 saturated heterocycles. The van der Waals surface area contributed by atoms with E-state index in [1.807, 2.05) is 6.92 Å². The molecule has 0 bridgehead atoms. The lowest BCUT2D eigenvalue weighted by Gasteiger charge is -2.08. The lowest BCUT2D eigenvalue weighted by Crippen LogP contribution is -2.27. The molecule has 2 rings (SSSR count). The highest BCUT2D eigenvalue weighted by molar-refractivity contribution is 5.96. The van der Waals surface area contributed by atoms with Crippen molar-refractivity contribution in [1.29, 1.82) is 0 Å². The highest BCUT2D eigenvalue weighted by Crippen LogP contribution is 2.25. The third-order valence-corrected chi connectivity index (χ3v) is 3.31. The zero-order chi connectivity index (χ0) is 17.7. The van der Waals surface area contributed by atoms with Crippen LogP contribution in [0.25, 0.3) is 11.1 Å². The second-order valence-corrected chi connectivity index (χ2v) is 5.16. The number of ether oxygens (including phenoxy) is 1. The minimum atomic E-state index is -5.03. The molecule has 2 aromatic carbocycles. The lowest BCUT2D eigenvalue weighted by atomic mass is 10.0. The van der Waals surface area contributed by atoms with Gasteiger partial charge in [-0.05, 0) is 29.7 Å². The van der Waals surface area contributed by atoms with Gasteiger partial charge in [0.15, 0.2) is 5.78 Å². The van der Waals surface area contributed by atoms with Crippen LogP contribution in [0, 0.1) is 0 Å². The fourth-order valence-electron chi connectivity index (χ4n) is 2.10. The summed E-state index contributed by atoms with van der Waals surface area (Å²) in [6, 6.07) is 12.6. The van der Waals surface area contributed by atoms with E-state index in [0.717, 1.165) is 17.5 Å². The van der Waals surface area contributed by atoms with Gasteiger partial charge in [0, 0.05) is 12.0 Å². The van der Waals surface area contributed by atoms with Crippen LogP contribution in [-0.4, -0.2) is 17.9 Å². The number of hydrogen-bond donors (Lipinski definition) is 0. The second kappa shape index (κ2) is 7.29. The number of hydrogen-bond acceptors (Lipinski definition) is 3. The first-order valence-corrected chi connectivity index (χ1v) is 7.34. The largest absolute Gasteiger partial charge is 0.491 e. The van der Waals surface area contributed by atoms with E-state index in [-0.39, 0.29) is 11.5 Å². The average Bonchev–Trinajstić information content (AvgIpc) is 2.55. The summed E-state index contributed by atoms with van der Waals surface area (Å²) in [6.45, 7) is 1.93. The Morgan fingerprint density at radius 2 is 1.42 bits per heavy atom. The Hall–Kier alpha value is -2.63. The average molecular weight is 336 g/mol. The summed E-state index contributed by atoms with van der Waals surface area (Å²) in [6.07, 6.45) is -3.77. The minimum Gasteiger partial charge on any atom is -0.420 e. The Balaban J connectivity index is 2.10. The first kappa shape index (κ1) is 17.7. The molecule has 0 aliphatic heterocycles. The van der Waals surface area contributed by atoms with Crippen LogP contribution in [0.15, 0.2) is 48.5 Å². The Morgan fingerprint density at radius 3 is 1.88 bits per heavy atom. The van der Waals surface area contributed by atoms with Crippen molar-refractivity contribution in [2.45, 2.75) is 25.9 Å². The number of rotatable bonds is 5. The van der Waals surface area contributed by atoms with E-state index in [0.29, 0.717) is 12.0 Å². The van der Waals surface area contributed by atoms with E-state index in [2.05, 4.69) is 4.74 Å². The monoisotopic (exact) mass is 336 g/mol. The van der Waals surface area contributed by atoms with Crippen LogP contribution in [0.1, 0.15) is 30.1 Å². The molecule has 0 amide bonds. The molecule has 0 radical (unpaired) electrons. The van der Waals surface area contributed by atoms with Crippen LogP contribution in [0.3, 0.4) is 0 Å². The number of halogens is 3. The summed E-state index contributed by atoms with van der Waals surface area (Å²) >= 11 is 0. The molecule has 3 nitrogen and oxygen atoms in total. The van der Waals surface area contributed by atoms with E-state index in [9.17, 15) is 22.8 Å². The van der Waals surface area contributed by atoms with Gasteiger partial charge in [0.1, 0.15) is 5.75 Å². The summed E-state index contributed by atoms with van der Waals surface area (Å²) < 4.78 is 40.6. The normalized spacial score (nSPS) is 11.2. The van der Waals surface area contributed by atoms with Crippen LogP contribution < -0.4 is 4.74 Å². The number of ketones is 1. The first-order valence-electron chi connectivity index (χ1n) is 7.34. The van der Waals surface area contributed by atoms with Crippen molar-refractivity contribution in [2.24, 2.45) is 0 Å². The Morgan fingerprint density at radius 1 is 0.917 bits per heavy atom. The summed E-state index contributed by atoms with van der Waals surface area (Å²) in [5.41, 5.74) is 2.16. The predicted molar refractivity (Wildman–Crippen MR) is 82.8 cm³/mol. The molecule has 2 aromatic rings. The summed E-state index contributed by atoms with van der Waals surface area (Å²) in [5, 5.41) is 0. The van der Waals surface area contributed by atoms with Gasteiger partial charge in [-0.25, -0.2) is 4.79 Å². The van der Waals surface area contributed by atoms with E-state index in [1.165, 1.54) is 12.1 Å². The van der Waals surface area contributed by atoms with E-state index >= 15 is 0 Å². The molecule has 0 saturated carbocycles. The van der Waals surface area contributed by atoms with Crippen LogP contribution >= 0.6 is 0 Å². The zero-order valence-electron chi connectivity index (χ0n) is 12.9. The number of carbonyl (C=O) groups is 2. The predicted octanol–water partition coefficient (Wildman–Crippen LogP) is 4.80. The number of carbonyl (C=O) groups excluding carboxylic acids is 2. The van der Waals surface area contributed by atoms with Crippen molar-refractivity contribution < 1.29 is 27.5 Å². The van der Waals surface area contributed by atoms with Crippen LogP contribution in [0.2, 0.25) is 0 Å². The van der Waals surface area contributed by atoms with Crippen LogP contribution in [-0.2, 0) is 4.79 Å². The molecule has 0 heterocycles. The Kier molecular flexibility index (Phi) is 5.39. The van der Waals surface area contributed by atoms with Crippen molar-refractivity contribution in [3.05, 3.63) is 54.1 Å². The standard InChI is InChI=1S/C18H15F3O3/c1-2-3-16(22)14-6-4-12(5-7-14)13-8-10-15(11-9-13)24-17(23)18(19,20)21/h4-11H,2-3H2,1H3. The minimum absolute atomic E-state index is 0.0680. The SMILES string of the molecule is CCCC(=O)c1ccc(-c2ccc(OC(=O)C(F)(F)F)cc2)cc1. The maximum absolute atomic E-state index is 12.1. The molecule has 6 heteroatoms. The molecule has 0 aromatic heterocycles. The summed E-state index contributed by atoms with van der Waals surface area (Å²) in [5.74, 6) is -2.37. The van der Waals surface area contributed by atoms with Crippen LogP contribution in [0.5, 0.6) is 5.75 Å². The van der Waals surface area contributed by atoms with Gasteiger partial charge < -0.3 is 4.74 Å². The van der Waals surface area contributed by atoms with Gasteiger partial charge in [0.05, 0.1) is 0 Å². The zero-order valence-corrected chi connectivity index (χ0v) is 12.9. The Bertz CT molecular complexity index is 717. The quantitative estimate of drug-likeness (QED) is 0.447. The highest BCUT2D eigenvalue weighted by Gasteiger charge is 2.41. The maximum atomic E-state index is 12.1. The van der Waals surface area contributed by atoms with E-state index in [1.54, 1.807) is 36.4 Å². The molecule has 24 heavy (non-hydrogen) atoms. The molecular weight excluding hydrogens is 321 g/mol. The molecule has 0 unspecified atom stereocenters. The van der Waals surface area contributed by atoms with Crippen molar-refractivity contribution in [3.8, 4) is 16.9 Å². The lowest BCUT2D eigenvalue weighted by molar-refractivity contribution is -0.189. The van der Waals surface area contributed by atoms with Crippen molar-refractivity contribution in [2.75, 3.05) is 0 Å². The third-order valence-electron chi connectivity index (χ3n) is 3.31. The molecule has 0 aliphatic rings. The fraction of sp³-hybridized carbons (Fsp3) is 0.222. The van der Waals surface area contributed by atoms with Crippen LogP contribution in [0.4, 0.5) is 13.2 Å². The molecule has 0 N–H and O–H groups in total. The third kappa shape index (κ3) is 4.44. The highest BCUT2D eigenvalue weighted by atomic mass is 19.4. The maximum Gasteiger partial charge on any atom is 0.491 e. The second-order valence-electron chi connectivity index (χ2n) is 5.16. The number of benzene rings is 2. The van der Waals surface area contributed by atoms with E-state index in [4.69, 9.17) is 0 Å². The molecular formula is C18H15F3O3. The molecule has 126 valence electrons. The van der Waals surface area contributed by atoms with Gasteiger partial charge >= 0.3 is 12.1 Å². The molecule has 0 fully saturated rings. The number of Topliss-reactive ketones (excluding diaryl/α,β-unsaturated/α-hetero) is 1. The van der Waals surface area contributed by atoms with Gasteiger partial charge in [0.2, 0.25) is 0 Å². The fourth-order valence-corrected chi connectivity index (χ4v) is 2.10. The summed E-state index contributed by atoms with van der Waals surface area (Å²) in [7, 11) is 0. The number of esters is 1. The summed E-state index contributed by atoms with van der Waals surface area (Å²) in [4.78, 5) is 22.5. The van der Waals surface area contributed by atoms with Gasteiger partial charge in [-0.1, -0.05) is 43.3 Å². The smallest absolute Gasteiger partial charge is 0.420 e. The van der Waals surface area contributed by atoms with Crippen molar-refractivity contribution in [1.82, 2.24) is 0 Å².